The monoisotopic (exact) mass is 316 g/mol. The maximum absolute atomic E-state index is 12.3. The van der Waals surface area contributed by atoms with Crippen LogP contribution in [0.2, 0.25) is 0 Å². The van der Waals surface area contributed by atoms with Gasteiger partial charge in [0.25, 0.3) is 5.91 Å². The highest BCUT2D eigenvalue weighted by atomic mass is 16.3. The Morgan fingerprint density at radius 3 is 3.04 bits per heavy atom. The van der Waals surface area contributed by atoms with E-state index in [4.69, 9.17) is 0 Å². The minimum Gasteiger partial charge on any atom is -0.392 e. The number of Topliss-reactive ketones (excluding diaryl/α,β-unsaturated/α-hetero) is 1. The standard InChI is InChI=1S/C18H24N2O3/c21-13-4-2-10-20(12-13)11-3-9-19-18(23)16-6-1-5-15-14(16)7-8-17(15)22/h1,5-6,13,21H,2-4,7-12H2,(H,19,23)/t13-/m0/s1. The maximum Gasteiger partial charge on any atom is 0.251 e. The Morgan fingerprint density at radius 1 is 1.35 bits per heavy atom. The molecule has 5 nitrogen and oxygen atoms in total. The number of ketones is 1. The minimum absolute atomic E-state index is 0.0878. The summed E-state index contributed by atoms with van der Waals surface area (Å²) in [5.74, 6) is 0.0496. The summed E-state index contributed by atoms with van der Waals surface area (Å²) in [5.41, 5.74) is 2.25. The van der Waals surface area contributed by atoms with Gasteiger partial charge in [0.1, 0.15) is 0 Å². The van der Waals surface area contributed by atoms with Gasteiger partial charge in [-0.05, 0) is 50.4 Å². The van der Waals surface area contributed by atoms with E-state index in [9.17, 15) is 14.7 Å². The van der Waals surface area contributed by atoms with Crippen molar-refractivity contribution in [3.8, 4) is 0 Å². The number of likely N-dealkylation sites (tertiary alicyclic amines) is 1. The first-order chi connectivity index (χ1) is 11.1. The number of hydrogen-bond donors (Lipinski definition) is 2. The molecule has 1 atom stereocenters. The number of nitrogens with one attached hydrogen (secondary N) is 1. The lowest BCUT2D eigenvalue weighted by atomic mass is 10.0. The van der Waals surface area contributed by atoms with Crippen LogP contribution in [0, 0.1) is 0 Å². The number of β-amino-alcohol motifs (C(OH)–C–C–N with tert-alkyl or cyclic N) is 1. The van der Waals surface area contributed by atoms with Crippen LogP contribution in [0.5, 0.6) is 0 Å². The van der Waals surface area contributed by atoms with Gasteiger partial charge in [0.2, 0.25) is 0 Å². The van der Waals surface area contributed by atoms with Crippen LogP contribution in [-0.2, 0) is 6.42 Å². The van der Waals surface area contributed by atoms with Crippen molar-refractivity contribution in [2.24, 2.45) is 0 Å². The summed E-state index contributed by atoms with van der Waals surface area (Å²) >= 11 is 0. The molecule has 0 aromatic heterocycles. The maximum atomic E-state index is 12.3. The quantitative estimate of drug-likeness (QED) is 0.806. The summed E-state index contributed by atoms with van der Waals surface area (Å²) in [6.07, 6.45) is 3.78. The van der Waals surface area contributed by atoms with E-state index in [2.05, 4.69) is 10.2 Å². The number of amides is 1. The van der Waals surface area contributed by atoms with Crippen molar-refractivity contribution in [1.29, 1.82) is 0 Å². The molecule has 3 rings (SSSR count). The van der Waals surface area contributed by atoms with Crippen LogP contribution in [0.15, 0.2) is 18.2 Å². The molecular weight excluding hydrogens is 292 g/mol. The minimum atomic E-state index is -0.206. The predicted molar refractivity (Wildman–Crippen MR) is 87.7 cm³/mol. The van der Waals surface area contributed by atoms with Crippen molar-refractivity contribution >= 4 is 11.7 Å². The Hall–Kier alpha value is -1.72. The van der Waals surface area contributed by atoms with Gasteiger partial charge in [-0.3, -0.25) is 9.59 Å². The SMILES string of the molecule is O=C1CCc2c1cccc2C(=O)NCCCN1CCC[C@H](O)C1. The molecule has 0 radical (unpaired) electrons. The fraction of sp³-hybridized carbons (Fsp3) is 0.556. The molecule has 0 saturated carbocycles. The van der Waals surface area contributed by atoms with Crippen LogP contribution in [0.1, 0.15) is 52.0 Å². The summed E-state index contributed by atoms with van der Waals surface area (Å²) in [6.45, 7) is 3.27. The number of nitrogens with zero attached hydrogens (tertiary/aromatic N) is 1. The molecule has 2 N–H and O–H groups in total. The Labute approximate surface area is 136 Å². The lowest BCUT2D eigenvalue weighted by molar-refractivity contribution is 0.0697. The third kappa shape index (κ3) is 3.79. The molecule has 1 fully saturated rings. The van der Waals surface area contributed by atoms with Gasteiger partial charge in [-0.2, -0.15) is 0 Å². The second kappa shape index (κ2) is 7.23. The summed E-state index contributed by atoms with van der Waals surface area (Å²) in [6, 6.07) is 5.39. The number of hydrogen-bond acceptors (Lipinski definition) is 4. The van der Waals surface area contributed by atoms with Gasteiger partial charge in [-0.25, -0.2) is 0 Å². The lowest BCUT2D eigenvalue weighted by Crippen LogP contribution is -2.39. The lowest BCUT2D eigenvalue weighted by Gasteiger charge is -2.29. The first-order valence-electron chi connectivity index (χ1n) is 8.49. The number of benzene rings is 1. The van der Waals surface area contributed by atoms with Crippen molar-refractivity contribution in [2.45, 2.75) is 38.2 Å². The molecule has 23 heavy (non-hydrogen) atoms. The summed E-state index contributed by atoms with van der Waals surface area (Å²) in [7, 11) is 0. The molecule has 1 heterocycles. The first kappa shape index (κ1) is 16.1. The van der Waals surface area contributed by atoms with Gasteiger partial charge in [-0.15, -0.1) is 0 Å². The number of rotatable bonds is 5. The molecule has 2 aliphatic rings. The average molecular weight is 316 g/mol. The van der Waals surface area contributed by atoms with Crippen LogP contribution in [0.25, 0.3) is 0 Å². The van der Waals surface area contributed by atoms with Gasteiger partial charge >= 0.3 is 0 Å². The molecule has 1 aromatic carbocycles. The van der Waals surface area contributed by atoms with Crippen molar-refractivity contribution in [3.05, 3.63) is 34.9 Å². The number of fused-ring (bicyclic) bond motifs is 1. The van der Waals surface area contributed by atoms with Gasteiger partial charge in [0, 0.05) is 30.6 Å². The normalized spacial score (nSPS) is 21.3. The van der Waals surface area contributed by atoms with Crippen LogP contribution < -0.4 is 5.32 Å². The topological polar surface area (TPSA) is 69.6 Å². The number of piperidine rings is 1. The van der Waals surface area contributed by atoms with Crippen molar-refractivity contribution in [2.75, 3.05) is 26.2 Å². The zero-order chi connectivity index (χ0) is 16.2. The molecule has 1 aromatic rings. The van der Waals surface area contributed by atoms with E-state index in [1.807, 2.05) is 6.07 Å². The highest BCUT2D eigenvalue weighted by Crippen LogP contribution is 2.25. The Morgan fingerprint density at radius 2 is 2.22 bits per heavy atom. The molecule has 1 aliphatic carbocycles. The van der Waals surface area contributed by atoms with Crippen LogP contribution in [-0.4, -0.2) is 54.0 Å². The third-order valence-electron chi connectivity index (χ3n) is 4.74. The molecule has 5 heteroatoms. The van der Waals surface area contributed by atoms with Crippen LogP contribution >= 0.6 is 0 Å². The average Bonchev–Trinajstić information content (AvgIpc) is 2.93. The number of carbonyl (C=O) groups is 2. The molecule has 0 spiro atoms. The predicted octanol–water partition coefficient (Wildman–Crippen LogP) is 1.39. The highest BCUT2D eigenvalue weighted by Gasteiger charge is 2.24. The molecule has 1 aliphatic heterocycles. The van der Waals surface area contributed by atoms with Crippen molar-refractivity contribution < 1.29 is 14.7 Å². The van der Waals surface area contributed by atoms with Crippen LogP contribution in [0.3, 0.4) is 0 Å². The van der Waals surface area contributed by atoms with Gasteiger partial charge in [0.15, 0.2) is 5.78 Å². The number of aliphatic hydroxyl groups is 1. The first-order valence-corrected chi connectivity index (χ1v) is 8.49. The summed E-state index contributed by atoms with van der Waals surface area (Å²) in [4.78, 5) is 26.3. The van der Waals surface area contributed by atoms with Crippen molar-refractivity contribution in [3.63, 3.8) is 0 Å². The largest absolute Gasteiger partial charge is 0.392 e. The Bertz CT molecular complexity index is 600. The van der Waals surface area contributed by atoms with Gasteiger partial charge in [0.05, 0.1) is 6.10 Å². The molecule has 124 valence electrons. The van der Waals surface area contributed by atoms with Gasteiger partial charge in [-0.1, -0.05) is 12.1 Å². The van der Waals surface area contributed by atoms with E-state index < -0.39 is 0 Å². The van der Waals surface area contributed by atoms with E-state index in [1.165, 1.54) is 0 Å². The number of aliphatic hydroxyl groups excluding tert-OH is 1. The van der Waals surface area contributed by atoms with E-state index in [0.29, 0.717) is 30.5 Å². The molecule has 0 bridgehead atoms. The zero-order valence-corrected chi connectivity index (χ0v) is 13.4. The fourth-order valence-electron chi connectivity index (χ4n) is 3.54. The third-order valence-corrected chi connectivity index (χ3v) is 4.74. The highest BCUT2D eigenvalue weighted by molar-refractivity contribution is 6.05. The molecule has 1 saturated heterocycles. The second-order valence-corrected chi connectivity index (χ2v) is 6.46. The van der Waals surface area contributed by atoms with Crippen LogP contribution in [0.4, 0.5) is 0 Å². The van der Waals surface area contributed by atoms with E-state index in [1.54, 1.807) is 12.1 Å². The Kier molecular flexibility index (Phi) is 5.08. The summed E-state index contributed by atoms with van der Waals surface area (Å²) in [5, 5.41) is 12.6. The summed E-state index contributed by atoms with van der Waals surface area (Å²) < 4.78 is 0. The number of carbonyl (C=O) groups excluding carboxylic acids is 2. The zero-order valence-electron chi connectivity index (χ0n) is 13.4. The smallest absolute Gasteiger partial charge is 0.251 e. The Balaban J connectivity index is 1.48. The van der Waals surface area contributed by atoms with E-state index >= 15 is 0 Å². The molecular formula is C18H24N2O3. The molecule has 0 unspecified atom stereocenters. The molecule has 1 amide bonds. The van der Waals surface area contributed by atoms with E-state index in [-0.39, 0.29) is 17.8 Å². The van der Waals surface area contributed by atoms with Crippen molar-refractivity contribution in [1.82, 2.24) is 10.2 Å². The van der Waals surface area contributed by atoms with E-state index in [0.717, 1.165) is 44.5 Å². The van der Waals surface area contributed by atoms with Gasteiger partial charge < -0.3 is 15.3 Å². The fourth-order valence-corrected chi connectivity index (χ4v) is 3.54. The second-order valence-electron chi connectivity index (χ2n) is 6.46.